The molecule has 1 aromatic rings. The molecule has 1 aromatic carbocycles. The van der Waals surface area contributed by atoms with Crippen LogP contribution < -0.4 is 5.32 Å². The van der Waals surface area contributed by atoms with E-state index in [1.165, 1.54) is 0 Å². The Balaban J connectivity index is 1.74. The molecule has 0 unspecified atom stereocenters. The van der Waals surface area contributed by atoms with Crippen molar-refractivity contribution in [2.24, 2.45) is 0 Å². The lowest BCUT2D eigenvalue weighted by atomic mass is 10.2. The highest BCUT2D eigenvalue weighted by Crippen LogP contribution is 2.14. The average molecular weight is 291 g/mol. The van der Waals surface area contributed by atoms with Crippen molar-refractivity contribution in [3.05, 3.63) is 29.8 Å². The van der Waals surface area contributed by atoms with Gasteiger partial charge in [0.2, 0.25) is 5.91 Å². The number of amides is 1. The van der Waals surface area contributed by atoms with Crippen molar-refractivity contribution in [1.29, 1.82) is 0 Å². The fraction of sp³-hybridized carbons (Fsp3) is 0.562. The molecule has 0 bridgehead atoms. The van der Waals surface area contributed by atoms with Gasteiger partial charge in [0, 0.05) is 39.1 Å². The van der Waals surface area contributed by atoms with Crippen molar-refractivity contribution in [2.75, 3.05) is 39.8 Å². The molecule has 116 valence electrons. The summed E-state index contributed by atoms with van der Waals surface area (Å²) in [5.74, 6) is 0.577. The first-order valence-corrected chi connectivity index (χ1v) is 7.61. The van der Waals surface area contributed by atoms with Gasteiger partial charge in [-0.25, -0.2) is 0 Å². The van der Waals surface area contributed by atoms with E-state index in [0.717, 1.165) is 51.3 Å². The van der Waals surface area contributed by atoms with E-state index in [-0.39, 0.29) is 5.91 Å². The van der Waals surface area contributed by atoms with Gasteiger partial charge in [0.1, 0.15) is 5.75 Å². The Morgan fingerprint density at radius 2 is 2.05 bits per heavy atom. The molecule has 0 spiro atoms. The highest BCUT2D eigenvalue weighted by molar-refractivity contribution is 5.76. The van der Waals surface area contributed by atoms with Crippen LogP contribution in [0.15, 0.2) is 24.3 Å². The number of phenolic OH excluding ortho intramolecular Hbond substituents is 1. The van der Waals surface area contributed by atoms with E-state index in [9.17, 15) is 9.90 Å². The number of hydrogen-bond acceptors (Lipinski definition) is 4. The van der Waals surface area contributed by atoms with Crippen molar-refractivity contribution in [3.8, 4) is 5.75 Å². The maximum Gasteiger partial charge on any atom is 0.222 e. The Morgan fingerprint density at radius 1 is 1.29 bits per heavy atom. The summed E-state index contributed by atoms with van der Waals surface area (Å²) in [6, 6.07) is 7.38. The van der Waals surface area contributed by atoms with Crippen LogP contribution in [0.2, 0.25) is 0 Å². The number of carbonyl (C=O) groups excluding carboxylic acids is 1. The molecule has 1 fully saturated rings. The summed E-state index contributed by atoms with van der Waals surface area (Å²) in [6.07, 6.45) is 1.53. The Hall–Kier alpha value is -1.59. The van der Waals surface area contributed by atoms with Gasteiger partial charge in [0.05, 0.1) is 0 Å². The van der Waals surface area contributed by atoms with Crippen LogP contribution in [-0.4, -0.2) is 60.6 Å². The van der Waals surface area contributed by atoms with Crippen LogP contribution in [0.1, 0.15) is 18.4 Å². The lowest BCUT2D eigenvalue weighted by molar-refractivity contribution is -0.133. The van der Waals surface area contributed by atoms with Crippen molar-refractivity contribution in [2.45, 2.75) is 19.4 Å². The predicted octanol–water partition coefficient (Wildman–Crippen LogP) is 1.04. The fourth-order valence-electron chi connectivity index (χ4n) is 2.64. The molecule has 0 saturated carbocycles. The lowest BCUT2D eigenvalue weighted by Gasteiger charge is -2.34. The van der Waals surface area contributed by atoms with E-state index in [1.54, 1.807) is 12.1 Å². The van der Waals surface area contributed by atoms with Crippen LogP contribution in [0.25, 0.3) is 0 Å². The van der Waals surface area contributed by atoms with Gasteiger partial charge in [-0.1, -0.05) is 12.1 Å². The smallest absolute Gasteiger partial charge is 0.222 e. The van der Waals surface area contributed by atoms with Gasteiger partial charge in [-0.15, -0.1) is 0 Å². The third-order valence-electron chi connectivity index (χ3n) is 3.86. The van der Waals surface area contributed by atoms with E-state index in [2.05, 4.69) is 10.2 Å². The molecule has 0 atom stereocenters. The van der Waals surface area contributed by atoms with E-state index in [0.29, 0.717) is 12.2 Å². The van der Waals surface area contributed by atoms with Gasteiger partial charge in [-0.2, -0.15) is 0 Å². The summed E-state index contributed by atoms with van der Waals surface area (Å²) in [7, 11) is 1.91. The lowest BCUT2D eigenvalue weighted by Crippen LogP contribution is -2.48. The molecule has 2 rings (SSSR count). The standard InChI is InChI=1S/C16H25N3O2/c1-17-7-3-6-16(21)19-10-8-18(9-11-19)13-14-4-2-5-15(20)12-14/h2,4-5,12,17,20H,3,6-11,13H2,1H3. The summed E-state index contributed by atoms with van der Waals surface area (Å²) < 4.78 is 0. The van der Waals surface area contributed by atoms with Crippen molar-refractivity contribution in [1.82, 2.24) is 15.1 Å². The second-order valence-corrected chi connectivity index (χ2v) is 5.53. The Bertz CT molecular complexity index is 457. The Morgan fingerprint density at radius 3 is 2.71 bits per heavy atom. The topological polar surface area (TPSA) is 55.8 Å². The molecule has 5 heteroatoms. The van der Waals surface area contributed by atoms with Crippen LogP contribution in [0.3, 0.4) is 0 Å². The number of phenols is 1. The largest absolute Gasteiger partial charge is 0.508 e. The molecule has 0 aliphatic carbocycles. The Labute approximate surface area is 126 Å². The molecule has 1 saturated heterocycles. The maximum absolute atomic E-state index is 12.0. The van der Waals surface area contributed by atoms with Crippen LogP contribution in [0.4, 0.5) is 0 Å². The SMILES string of the molecule is CNCCCC(=O)N1CCN(Cc2cccc(O)c2)CC1. The molecule has 1 aliphatic rings. The number of nitrogens with one attached hydrogen (secondary N) is 1. The van der Waals surface area contributed by atoms with Gasteiger partial charge in [-0.05, 0) is 37.7 Å². The first-order chi connectivity index (χ1) is 10.2. The van der Waals surface area contributed by atoms with E-state index >= 15 is 0 Å². The molecule has 0 radical (unpaired) electrons. The van der Waals surface area contributed by atoms with E-state index < -0.39 is 0 Å². The minimum absolute atomic E-state index is 0.266. The van der Waals surface area contributed by atoms with Gasteiger partial charge >= 0.3 is 0 Å². The summed E-state index contributed by atoms with van der Waals surface area (Å²) >= 11 is 0. The molecular formula is C16H25N3O2. The molecule has 1 amide bonds. The third-order valence-corrected chi connectivity index (χ3v) is 3.86. The fourth-order valence-corrected chi connectivity index (χ4v) is 2.64. The number of aromatic hydroxyl groups is 1. The molecule has 1 aliphatic heterocycles. The Kier molecular flexibility index (Phi) is 6.02. The monoisotopic (exact) mass is 291 g/mol. The summed E-state index contributed by atoms with van der Waals surface area (Å²) in [5, 5.41) is 12.5. The van der Waals surface area contributed by atoms with Crippen LogP contribution in [-0.2, 0) is 11.3 Å². The number of carbonyl (C=O) groups is 1. The molecular weight excluding hydrogens is 266 g/mol. The average Bonchev–Trinajstić information content (AvgIpc) is 2.48. The van der Waals surface area contributed by atoms with Gasteiger partial charge < -0.3 is 15.3 Å². The zero-order chi connectivity index (χ0) is 15.1. The second-order valence-electron chi connectivity index (χ2n) is 5.53. The molecule has 21 heavy (non-hydrogen) atoms. The molecule has 5 nitrogen and oxygen atoms in total. The number of hydrogen-bond donors (Lipinski definition) is 2. The zero-order valence-corrected chi connectivity index (χ0v) is 12.7. The first kappa shape index (κ1) is 15.8. The van der Waals surface area contributed by atoms with E-state index in [4.69, 9.17) is 0 Å². The number of benzene rings is 1. The molecule has 1 heterocycles. The predicted molar refractivity (Wildman–Crippen MR) is 83.1 cm³/mol. The van der Waals surface area contributed by atoms with Crippen molar-refractivity contribution in [3.63, 3.8) is 0 Å². The minimum Gasteiger partial charge on any atom is -0.508 e. The number of nitrogens with zero attached hydrogens (tertiary/aromatic N) is 2. The minimum atomic E-state index is 0.266. The third kappa shape index (κ3) is 5.02. The normalized spacial score (nSPS) is 16.1. The first-order valence-electron chi connectivity index (χ1n) is 7.61. The summed E-state index contributed by atoms with van der Waals surface area (Å²) in [6.45, 7) is 5.12. The highest BCUT2D eigenvalue weighted by Gasteiger charge is 2.20. The second kappa shape index (κ2) is 8.00. The van der Waals surface area contributed by atoms with Crippen molar-refractivity contribution >= 4 is 5.91 Å². The van der Waals surface area contributed by atoms with Gasteiger partial charge in [-0.3, -0.25) is 9.69 Å². The quantitative estimate of drug-likeness (QED) is 0.769. The number of rotatable bonds is 6. The van der Waals surface area contributed by atoms with Crippen LogP contribution in [0.5, 0.6) is 5.75 Å². The maximum atomic E-state index is 12.0. The zero-order valence-electron chi connectivity index (χ0n) is 12.7. The number of piperazine rings is 1. The molecule has 2 N–H and O–H groups in total. The van der Waals surface area contributed by atoms with Crippen LogP contribution in [0, 0.1) is 0 Å². The summed E-state index contributed by atoms with van der Waals surface area (Å²) in [4.78, 5) is 16.3. The molecule has 0 aromatic heterocycles. The van der Waals surface area contributed by atoms with Gasteiger partial charge in [0.25, 0.3) is 0 Å². The highest BCUT2D eigenvalue weighted by atomic mass is 16.3. The van der Waals surface area contributed by atoms with E-state index in [1.807, 2.05) is 24.1 Å². The summed E-state index contributed by atoms with van der Waals surface area (Å²) in [5.41, 5.74) is 1.11. The van der Waals surface area contributed by atoms with Crippen molar-refractivity contribution < 1.29 is 9.90 Å². The van der Waals surface area contributed by atoms with Crippen LogP contribution >= 0.6 is 0 Å². The van der Waals surface area contributed by atoms with Gasteiger partial charge in [0.15, 0.2) is 0 Å².